The lowest BCUT2D eigenvalue weighted by Crippen LogP contribution is -2.46. The second-order valence-electron chi connectivity index (χ2n) is 12.7. The Morgan fingerprint density at radius 1 is 1.04 bits per heavy atom. The van der Waals surface area contributed by atoms with Crippen LogP contribution >= 0.6 is 11.6 Å². The molecule has 6 rings (SSSR count). The molecule has 2 heterocycles. The largest absolute Gasteiger partial charge is 0.508 e. The molecule has 2 aliphatic heterocycles. The fraction of sp³-hybridized carbons (Fsp3) is 0.314. The minimum atomic E-state index is -1.73. The number of imide groups is 1. The first-order valence-corrected chi connectivity index (χ1v) is 16.1. The van der Waals surface area contributed by atoms with E-state index in [0.717, 1.165) is 27.8 Å². The molecule has 4 atom stereocenters. The third-order valence-electron chi connectivity index (χ3n) is 9.50. The van der Waals surface area contributed by atoms with Crippen LogP contribution in [0.15, 0.2) is 83.9 Å². The average Bonchev–Trinajstić information content (AvgIpc) is 3.29. The van der Waals surface area contributed by atoms with Crippen LogP contribution in [0, 0.1) is 23.7 Å². The van der Waals surface area contributed by atoms with Gasteiger partial charge in [-0.05, 0) is 102 Å². The van der Waals surface area contributed by atoms with Gasteiger partial charge in [-0.15, -0.1) is 0 Å². The van der Waals surface area contributed by atoms with E-state index in [1.165, 1.54) is 23.1 Å². The molecule has 1 aliphatic carbocycles. The molecule has 0 spiro atoms. The molecule has 46 heavy (non-hydrogen) atoms. The Labute approximate surface area is 274 Å². The highest BCUT2D eigenvalue weighted by molar-refractivity contribution is 6.58. The SMILES string of the molecule is CC(C)C1=C2[C@@H](CC/C(=C/c3ccc(O)cc3Cl)c3ccccc3)OB(O)C[C@@H]2[C@@H]2C(=O)N(c3cccc(B(O)O)c3)C(=O)[C@@H]2C1. The lowest BCUT2D eigenvalue weighted by Gasteiger charge is -2.44. The van der Waals surface area contributed by atoms with Crippen LogP contribution in [0.2, 0.25) is 11.3 Å². The second kappa shape index (κ2) is 13.2. The van der Waals surface area contributed by atoms with E-state index < -0.39 is 32.2 Å². The van der Waals surface area contributed by atoms with E-state index in [1.54, 1.807) is 24.3 Å². The summed E-state index contributed by atoms with van der Waals surface area (Å²) in [5.74, 6) is -2.10. The molecule has 2 amide bonds. The number of rotatable bonds is 8. The summed E-state index contributed by atoms with van der Waals surface area (Å²) in [7, 11) is -2.84. The Balaban J connectivity index is 1.34. The van der Waals surface area contributed by atoms with Crippen LogP contribution < -0.4 is 10.4 Å². The molecule has 11 heteroatoms. The number of carbonyl (C=O) groups is 2. The lowest BCUT2D eigenvalue weighted by atomic mass is 9.57. The van der Waals surface area contributed by atoms with E-state index in [1.807, 2.05) is 36.4 Å². The van der Waals surface area contributed by atoms with Crippen molar-refractivity contribution in [3.05, 3.63) is 100 Å². The molecular formula is C35H36B2ClNO7. The Morgan fingerprint density at radius 2 is 1.80 bits per heavy atom. The zero-order valence-corrected chi connectivity index (χ0v) is 26.5. The van der Waals surface area contributed by atoms with Gasteiger partial charge in [0.05, 0.1) is 28.6 Å². The quantitative estimate of drug-likeness (QED) is 0.122. The first-order chi connectivity index (χ1) is 22.0. The van der Waals surface area contributed by atoms with E-state index in [4.69, 9.17) is 16.3 Å². The lowest BCUT2D eigenvalue weighted by molar-refractivity contribution is -0.122. The highest BCUT2D eigenvalue weighted by Gasteiger charge is 2.57. The van der Waals surface area contributed by atoms with E-state index >= 15 is 0 Å². The molecule has 2 fully saturated rings. The fourth-order valence-electron chi connectivity index (χ4n) is 7.39. The van der Waals surface area contributed by atoms with Crippen molar-refractivity contribution >= 4 is 60.5 Å². The maximum absolute atomic E-state index is 14.1. The van der Waals surface area contributed by atoms with Crippen molar-refractivity contribution in [1.29, 1.82) is 0 Å². The molecule has 3 aromatic carbocycles. The number of aromatic hydroxyl groups is 1. The number of amides is 2. The van der Waals surface area contributed by atoms with Crippen LogP contribution in [0.3, 0.4) is 0 Å². The number of hydrogen-bond acceptors (Lipinski definition) is 7. The summed E-state index contributed by atoms with van der Waals surface area (Å²) in [6, 6.07) is 21.0. The number of benzene rings is 3. The number of nitrogens with zero attached hydrogens (tertiary/aromatic N) is 1. The van der Waals surface area contributed by atoms with Gasteiger partial charge < -0.3 is 24.8 Å². The van der Waals surface area contributed by atoms with Crippen molar-refractivity contribution in [3.8, 4) is 5.75 Å². The normalized spacial score (nSPS) is 23.2. The third-order valence-corrected chi connectivity index (χ3v) is 9.83. The van der Waals surface area contributed by atoms with Crippen molar-refractivity contribution in [1.82, 2.24) is 0 Å². The fourth-order valence-corrected chi connectivity index (χ4v) is 7.62. The predicted octanol–water partition coefficient (Wildman–Crippen LogP) is 4.70. The van der Waals surface area contributed by atoms with Crippen molar-refractivity contribution in [2.45, 2.75) is 45.5 Å². The topological polar surface area (TPSA) is 128 Å². The van der Waals surface area contributed by atoms with Crippen LogP contribution in [0.5, 0.6) is 5.75 Å². The Bertz CT molecular complexity index is 1710. The number of fused-ring (bicyclic) bond motifs is 3. The summed E-state index contributed by atoms with van der Waals surface area (Å²) in [6.07, 6.45) is 3.24. The summed E-state index contributed by atoms with van der Waals surface area (Å²) in [4.78, 5) is 29.1. The number of anilines is 1. The standard InChI is InChI=1S/C35H36B2ClNO7/c1-20(2)27-18-28-33(35(42)39(34(28)41)25-10-6-9-24(16-25)37(44)45)29-19-36(43)46-31(32(27)29)14-12-22(21-7-4-3-5-8-21)15-23-11-13-26(40)17-30(23)38/h3-11,13,15-17,20,28-29,31,33,40,43-45H,12,14,18-19H2,1-2H3/b22-15-/t28-,29+,31-,33-/m1/s1. The minimum Gasteiger partial charge on any atom is -0.508 e. The number of phenolic OH excluding ortho intramolecular Hbond substituents is 1. The molecule has 0 radical (unpaired) electrons. The highest BCUT2D eigenvalue weighted by Crippen LogP contribution is 2.52. The second-order valence-corrected chi connectivity index (χ2v) is 13.1. The molecular weight excluding hydrogens is 603 g/mol. The Hall–Kier alpha value is -3.66. The molecule has 3 aromatic rings. The van der Waals surface area contributed by atoms with Crippen LogP contribution in [-0.2, 0) is 14.2 Å². The summed E-state index contributed by atoms with van der Waals surface area (Å²) in [5, 5.41) is 40.7. The molecule has 0 saturated carbocycles. The van der Waals surface area contributed by atoms with Crippen LogP contribution in [0.1, 0.15) is 44.2 Å². The van der Waals surface area contributed by atoms with Crippen molar-refractivity contribution in [2.24, 2.45) is 23.7 Å². The maximum atomic E-state index is 14.1. The molecule has 3 aliphatic rings. The summed E-state index contributed by atoms with van der Waals surface area (Å²) < 4.78 is 6.22. The number of phenols is 1. The summed E-state index contributed by atoms with van der Waals surface area (Å²) in [6.45, 7) is 4.16. The number of allylic oxidation sites excluding steroid dienone is 2. The molecule has 2 saturated heterocycles. The summed E-state index contributed by atoms with van der Waals surface area (Å²) in [5.41, 5.74) is 5.33. The molecule has 0 unspecified atom stereocenters. The molecule has 8 nitrogen and oxygen atoms in total. The smallest absolute Gasteiger partial charge is 0.488 e. The molecule has 236 valence electrons. The molecule has 4 N–H and O–H groups in total. The average molecular weight is 640 g/mol. The number of halogens is 1. The monoisotopic (exact) mass is 639 g/mol. The predicted molar refractivity (Wildman–Crippen MR) is 180 cm³/mol. The zero-order valence-electron chi connectivity index (χ0n) is 25.7. The van der Waals surface area contributed by atoms with Gasteiger partial charge in [0, 0.05) is 0 Å². The van der Waals surface area contributed by atoms with Gasteiger partial charge in [-0.25, -0.2) is 0 Å². The number of carbonyl (C=O) groups excluding carboxylic acids is 2. The van der Waals surface area contributed by atoms with Gasteiger partial charge in [0.1, 0.15) is 5.75 Å². The van der Waals surface area contributed by atoms with Gasteiger partial charge in [0.25, 0.3) is 0 Å². The van der Waals surface area contributed by atoms with Gasteiger partial charge in [0.2, 0.25) is 11.8 Å². The van der Waals surface area contributed by atoms with Gasteiger partial charge >= 0.3 is 14.2 Å². The maximum Gasteiger partial charge on any atom is 0.488 e. The van der Waals surface area contributed by atoms with Crippen molar-refractivity contribution in [3.63, 3.8) is 0 Å². The zero-order chi connectivity index (χ0) is 32.7. The number of hydrogen-bond donors (Lipinski definition) is 4. The molecule has 0 bridgehead atoms. The van der Waals surface area contributed by atoms with E-state index in [0.29, 0.717) is 30.0 Å². The van der Waals surface area contributed by atoms with Gasteiger partial charge in [-0.1, -0.05) is 73.5 Å². The van der Waals surface area contributed by atoms with Crippen LogP contribution in [-0.4, -0.2) is 52.3 Å². The van der Waals surface area contributed by atoms with Crippen LogP contribution in [0.4, 0.5) is 5.69 Å². The van der Waals surface area contributed by atoms with E-state index in [2.05, 4.69) is 13.8 Å². The Morgan fingerprint density at radius 3 is 2.50 bits per heavy atom. The van der Waals surface area contributed by atoms with Crippen molar-refractivity contribution < 1.29 is 34.4 Å². The van der Waals surface area contributed by atoms with E-state index in [9.17, 15) is 29.8 Å². The van der Waals surface area contributed by atoms with Crippen molar-refractivity contribution in [2.75, 3.05) is 4.90 Å². The van der Waals surface area contributed by atoms with Gasteiger partial charge in [-0.3, -0.25) is 14.5 Å². The van der Waals surface area contributed by atoms with E-state index in [-0.39, 0.29) is 41.2 Å². The Kier molecular flexibility index (Phi) is 9.28. The third kappa shape index (κ3) is 6.20. The van der Waals surface area contributed by atoms with Gasteiger partial charge in [0.15, 0.2) is 0 Å². The molecule has 0 aromatic heterocycles. The highest BCUT2D eigenvalue weighted by atomic mass is 35.5. The minimum absolute atomic E-state index is 0.0833. The summed E-state index contributed by atoms with van der Waals surface area (Å²) >= 11 is 6.47. The first kappa shape index (κ1) is 32.3. The van der Waals surface area contributed by atoms with Gasteiger partial charge in [-0.2, -0.15) is 0 Å². The first-order valence-electron chi connectivity index (χ1n) is 15.7. The van der Waals surface area contributed by atoms with Crippen LogP contribution in [0.25, 0.3) is 11.6 Å².